The Hall–Kier alpha value is -1.82. The first-order chi connectivity index (χ1) is 9.60. The molecule has 1 heterocycles. The van der Waals surface area contributed by atoms with Gasteiger partial charge in [0.25, 0.3) is 5.69 Å². The van der Waals surface area contributed by atoms with E-state index in [0.29, 0.717) is 11.7 Å². The Labute approximate surface area is 118 Å². The molecule has 6 nitrogen and oxygen atoms in total. The van der Waals surface area contributed by atoms with Crippen molar-refractivity contribution in [3.63, 3.8) is 0 Å². The average Bonchev–Trinajstić information content (AvgIpc) is 2.46. The van der Waals surface area contributed by atoms with Crippen molar-refractivity contribution in [2.24, 2.45) is 5.92 Å². The van der Waals surface area contributed by atoms with Gasteiger partial charge in [-0.05, 0) is 45.0 Å². The second-order valence-corrected chi connectivity index (χ2v) is 5.27. The average molecular weight is 279 g/mol. The minimum Gasteiger partial charge on any atom is -0.494 e. The van der Waals surface area contributed by atoms with Crippen molar-refractivity contribution in [1.29, 1.82) is 0 Å². The highest BCUT2D eigenvalue weighted by atomic mass is 16.6. The zero-order valence-corrected chi connectivity index (χ0v) is 12.0. The molecule has 0 saturated carbocycles. The Bertz CT molecular complexity index is 471. The van der Waals surface area contributed by atoms with Crippen LogP contribution in [-0.4, -0.2) is 43.6 Å². The van der Waals surface area contributed by atoms with E-state index in [1.54, 1.807) is 6.07 Å². The van der Waals surface area contributed by atoms with Crippen molar-refractivity contribution < 1.29 is 9.66 Å². The first kappa shape index (κ1) is 14.6. The number of nitrogens with one attached hydrogen (secondary N) is 1. The van der Waals surface area contributed by atoms with Crippen molar-refractivity contribution in [3.05, 3.63) is 28.3 Å². The van der Waals surface area contributed by atoms with Crippen molar-refractivity contribution in [3.8, 4) is 5.75 Å². The van der Waals surface area contributed by atoms with Crippen LogP contribution < -0.4 is 10.1 Å². The van der Waals surface area contributed by atoms with E-state index in [2.05, 4.69) is 17.3 Å². The molecule has 0 amide bonds. The van der Waals surface area contributed by atoms with Crippen LogP contribution in [0.1, 0.15) is 12.8 Å². The first-order valence-corrected chi connectivity index (χ1v) is 6.85. The Balaban J connectivity index is 1.97. The van der Waals surface area contributed by atoms with Crippen LogP contribution in [0.5, 0.6) is 5.75 Å². The van der Waals surface area contributed by atoms with Crippen LogP contribution in [0.2, 0.25) is 0 Å². The van der Waals surface area contributed by atoms with E-state index < -0.39 is 4.92 Å². The van der Waals surface area contributed by atoms with Crippen LogP contribution in [0, 0.1) is 16.0 Å². The van der Waals surface area contributed by atoms with Gasteiger partial charge in [0.2, 0.25) is 0 Å². The monoisotopic (exact) mass is 279 g/mol. The minimum absolute atomic E-state index is 0.0479. The zero-order valence-electron chi connectivity index (χ0n) is 12.0. The highest BCUT2D eigenvalue weighted by Gasteiger charge is 2.17. The predicted molar refractivity (Wildman–Crippen MR) is 78.4 cm³/mol. The molecule has 1 fully saturated rings. The van der Waals surface area contributed by atoms with Gasteiger partial charge in [0, 0.05) is 12.6 Å². The summed E-state index contributed by atoms with van der Waals surface area (Å²) in [5.74, 6) is 1.17. The summed E-state index contributed by atoms with van der Waals surface area (Å²) < 4.78 is 5.22. The molecule has 0 radical (unpaired) electrons. The highest BCUT2D eigenvalue weighted by molar-refractivity contribution is 5.60. The standard InChI is InChI=1S/C14H21N3O3/c1-16-7-5-11(6-8-16)10-15-13-4-3-12(17(18)19)9-14(13)20-2/h3-4,9,11,15H,5-8,10H2,1-2H3. The van der Waals surface area contributed by atoms with Gasteiger partial charge < -0.3 is 15.0 Å². The maximum Gasteiger partial charge on any atom is 0.273 e. The molecule has 0 unspecified atom stereocenters. The third kappa shape index (κ3) is 3.60. The van der Waals surface area contributed by atoms with Crippen LogP contribution in [-0.2, 0) is 0 Å². The number of nitrogens with zero attached hydrogens (tertiary/aromatic N) is 2. The van der Waals surface area contributed by atoms with E-state index >= 15 is 0 Å². The van der Waals surface area contributed by atoms with Crippen LogP contribution in [0.25, 0.3) is 0 Å². The zero-order chi connectivity index (χ0) is 14.5. The van der Waals surface area contributed by atoms with E-state index in [1.807, 2.05) is 0 Å². The molecule has 20 heavy (non-hydrogen) atoms. The molecule has 0 bridgehead atoms. The lowest BCUT2D eigenvalue weighted by Gasteiger charge is -2.29. The summed E-state index contributed by atoms with van der Waals surface area (Å²) >= 11 is 0. The lowest BCUT2D eigenvalue weighted by atomic mass is 9.97. The molecular formula is C14H21N3O3. The Morgan fingerprint density at radius 2 is 2.15 bits per heavy atom. The topological polar surface area (TPSA) is 67.6 Å². The fraction of sp³-hybridized carbons (Fsp3) is 0.571. The summed E-state index contributed by atoms with van der Waals surface area (Å²) in [6.07, 6.45) is 2.36. The smallest absolute Gasteiger partial charge is 0.273 e. The van der Waals surface area contributed by atoms with Gasteiger partial charge in [-0.25, -0.2) is 0 Å². The number of likely N-dealkylation sites (tertiary alicyclic amines) is 1. The number of non-ortho nitro benzene ring substituents is 1. The molecule has 0 atom stereocenters. The number of nitro benzene ring substituents is 1. The lowest BCUT2D eigenvalue weighted by molar-refractivity contribution is -0.384. The molecule has 1 aromatic rings. The quantitative estimate of drug-likeness (QED) is 0.662. The van der Waals surface area contributed by atoms with Gasteiger partial charge >= 0.3 is 0 Å². The summed E-state index contributed by atoms with van der Waals surface area (Å²) in [5, 5.41) is 14.1. The Morgan fingerprint density at radius 3 is 2.75 bits per heavy atom. The molecule has 2 rings (SSSR count). The molecule has 1 N–H and O–H groups in total. The van der Waals surface area contributed by atoms with Gasteiger partial charge in [-0.2, -0.15) is 0 Å². The SMILES string of the molecule is COc1cc([N+](=O)[O-])ccc1NCC1CCN(C)CC1. The highest BCUT2D eigenvalue weighted by Crippen LogP contribution is 2.29. The molecule has 1 aliphatic rings. The van der Waals surface area contributed by atoms with Crippen molar-refractivity contribution in [2.45, 2.75) is 12.8 Å². The Morgan fingerprint density at radius 1 is 1.45 bits per heavy atom. The van der Waals surface area contributed by atoms with Crippen LogP contribution >= 0.6 is 0 Å². The number of benzene rings is 1. The fourth-order valence-electron chi connectivity index (χ4n) is 2.46. The van der Waals surface area contributed by atoms with Crippen LogP contribution in [0.3, 0.4) is 0 Å². The van der Waals surface area contributed by atoms with Gasteiger partial charge in [-0.3, -0.25) is 10.1 Å². The van der Waals surface area contributed by atoms with Gasteiger partial charge in [0.05, 0.1) is 23.8 Å². The van der Waals surface area contributed by atoms with E-state index in [9.17, 15) is 10.1 Å². The molecule has 1 aliphatic heterocycles. The van der Waals surface area contributed by atoms with Gasteiger partial charge in [-0.1, -0.05) is 0 Å². The number of ether oxygens (including phenoxy) is 1. The van der Waals surface area contributed by atoms with Crippen LogP contribution in [0.4, 0.5) is 11.4 Å². The van der Waals surface area contributed by atoms with Crippen molar-refractivity contribution in [1.82, 2.24) is 4.90 Å². The number of anilines is 1. The third-order valence-corrected chi connectivity index (χ3v) is 3.82. The van der Waals surface area contributed by atoms with Gasteiger partial charge in [0.1, 0.15) is 5.75 Å². The lowest BCUT2D eigenvalue weighted by Crippen LogP contribution is -2.32. The van der Waals surface area contributed by atoms with Crippen molar-refractivity contribution >= 4 is 11.4 Å². The van der Waals surface area contributed by atoms with E-state index in [4.69, 9.17) is 4.74 Å². The summed E-state index contributed by atoms with van der Waals surface area (Å²) in [4.78, 5) is 12.7. The molecular weight excluding hydrogens is 258 g/mol. The fourth-order valence-corrected chi connectivity index (χ4v) is 2.46. The van der Waals surface area contributed by atoms with Crippen molar-refractivity contribution in [2.75, 3.05) is 39.1 Å². The van der Waals surface area contributed by atoms with Gasteiger partial charge in [0.15, 0.2) is 0 Å². The number of hydrogen-bond acceptors (Lipinski definition) is 5. The largest absolute Gasteiger partial charge is 0.494 e. The molecule has 1 saturated heterocycles. The maximum absolute atomic E-state index is 10.7. The second-order valence-electron chi connectivity index (χ2n) is 5.27. The number of nitro groups is 1. The molecule has 0 spiro atoms. The number of piperidine rings is 1. The molecule has 6 heteroatoms. The Kier molecular flexibility index (Phi) is 4.79. The summed E-state index contributed by atoms with van der Waals surface area (Å²) in [6, 6.07) is 4.67. The van der Waals surface area contributed by atoms with E-state index in [1.165, 1.54) is 32.1 Å². The minimum atomic E-state index is -0.413. The third-order valence-electron chi connectivity index (χ3n) is 3.82. The van der Waals surface area contributed by atoms with Crippen LogP contribution in [0.15, 0.2) is 18.2 Å². The summed E-state index contributed by atoms with van der Waals surface area (Å²) in [7, 11) is 3.67. The molecule has 1 aromatic carbocycles. The number of hydrogen-bond donors (Lipinski definition) is 1. The number of methoxy groups -OCH3 is 1. The molecule has 110 valence electrons. The first-order valence-electron chi connectivity index (χ1n) is 6.85. The normalized spacial score (nSPS) is 16.9. The second kappa shape index (κ2) is 6.56. The van der Waals surface area contributed by atoms with E-state index in [0.717, 1.165) is 25.3 Å². The van der Waals surface area contributed by atoms with E-state index in [-0.39, 0.29) is 5.69 Å². The maximum atomic E-state index is 10.7. The molecule has 0 aromatic heterocycles. The predicted octanol–water partition coefficient (Wildman–Crippen LogP) is 2.36. The summed E-state index contributed by atoms with van der Waals surface area (Å²) in [6.45, 7) is 3.13. The number of rotatable bonds is 5. The summed E-state index contributed by atoms with van der Waals surface area (Å²) in [5.41, 5.74) is 0.865. The van der Waals surface area contributed by atoms with Gasteiger partial charge in [-0.15, -0.1) is 0 Å². The molecule has 0 aliphatic carbocycles.